The van der Waals surface area contributed by atoms with E-state index in [1.54, 1.807) is 6.92 Å². The topological polar surface area (TPSA) is 75.7 Å². The molecule has 1 unspecified atom stereocenters. The van der Waals surface area contributed by atoms with Gasteiger partial charge in [0.1, 0.15) is 6.54 Å². The number of para-hydroxylation sites is 1. The van der Waals surface area contributed by atoms with Gasteiger partial charge in [0.15, 0.2) is 6.10 Å². The molecule has 1 saturated carbocycles. The minimum Gasteiger partial charge on any atom is -0.451 e. The third-order valence-corrected chi connectivity index (χ3v) is 5.52. The van der Waals surface area contributed by atoms with Crippen molar-refractivity contribution in [2.24, 2.45) is 0 Å². The summed E-state index contributed by atoms with van der Waals surface area (Å²) in [6.45, 7) is 1.38. The van der Waals surface area contributed by atoms with E-state index in [0.717, 1.165) is 30.6 Å². The molecule has 3 rings (SSSR count). The van der Waals surface area contributed by atoms with Crippen LogP contribution in [0, 0.1) is 0 Å². The highest BCUT2D eigenvalue weighted by Crippen LogP contribution is 2.34. The van der Waals surface area contributed by atoms with Crippen LogP contribution < -0.4 is 10.2 Å². The number of esters is 1. The number of fused-ring (bicyclic) bond motifs is 1. The lowest BCUT2D eigenvalue weighted by molar-refractivity contribution is -0.154. The van der Waals surface area contributed by atoms with Gasteiger partial charge in [-0.05, 0) is 31.9 Å². The highest BCUT2D eigenvalue weighted by atomic mass is 32.2. The molecule has 1 heterocycles. The van der Waals surface area contributed by atoms with E-state index in [9.17, 15) is 14.4 Å². The van der Waals surface area contributed by atoms with Gasteiger partial charge in [-0.3, -0.25) is 19.3 Å². The summed E-state index contributed by atoms with van der Waals surface area (Å²) in [5.74, 6) is -0.698. The zero-order chi connectivity index (χ0) is 17.8. The van der Waals surface area contributed by atoms with E-state index >= 15 is 0 Å². The zero-order valence-corrected chi connectivity index (χ0v) is 15.0. The molecular weight excluding hydrogens is 340 g/mol. The molecule has 1 atom stereocenters. The Kier molecular flexibility index (Phi) is 5.63. The number of carbonyl (C=O) groups is 3. The Morgan fingerprint density at radius 1 is 1.32 bits per heavy atom. The van der Waals surface area contributed by atoms with Gasteiger partial charge in [0.25, 0.3) is 5.91 Å². The first-order chi connectivity index (χ1) is 12.0. The van der Waals surface area contributed by atoms with Gasteiger partial charge < -0.3 is 10.1 Å². The molecule has 1 aromatic rings. The van der Waals surface area contributed by atoms with Crippen molar-refractivity contribution in [1.29, 1.82) is 0 Å². The number of nitrogens with zero attached hydrogens (tertiary/aromatic N) is 1. The van der Waals surface area contributed by atoms with Crippen LogP contribution in [0.15, 0.2) is 29.2 Å². The monoisotopic (exact) mass is 362 g/mol. The van der Waals surface area contributed by atoms with Crippen LogP contribution >= 0.6 is 11.8 Å². The number of carbonyl (C=O) groups excluding carboxylic acids is 3. The summed E-state index contributed by atoms with van der Waals surface area (Å²) in [7, 11) is 0. The van der Waals surface area contributed by atoms with Crippen LogP contribution in [0.3, 0.4) is 0 Å². The van der Waals surface area contributed by atoms with Gasteiger partial charge in [0.2, 0.25) is 5.91 Å². The molecule has 1 aliphatic carbocycles. The Bertz CT molecular complexity index is 673. The van der Waals surface area contributed by atoms with Crippen molar-refractivity contribution in [3.8, 4) is 0 Å². The minimum absolute atomic E-state index is 0.135. The van der Waals surface area contributed by atoms with Crippen molar-refractivity contribution in [3.05, 3.63) is 24.3 Å². The van der Waals surface area contributed by atoms with Gasteiger partial charge in [0, 0.05) is 10.9 Å². The Labute approximate surface area is 151 Å². The maximum absolute atomic E-state index is 12.2. The fraction of sp³-hybridized carbons (Fsp3) is 0.500. The van der Waals surface area contributed by atoms with Crippen molar-refractivity contribution in [2.75, 3.05) is 17.2 Å². The maximum Gasteiger partial charge on any atom is 0.326 e. The molecule has 1 aromatic carbocycles. The molecule has 0 aromatic heterocycles. The lowest BCUT2D eigenvalue weighted by Crippen LogP contribution is -2.44. The lowest BCUT2D eigenvalue weighted by Gasteiger charge is -2.28. The second kappa shape index (κ2) is 7.91. The third-order valence-electron chi connectivity index (χ3n) is 4.47. The summed E-state index contributed by atoms with van der Waals surface area (Å²) in [5, 5.41) is 2.91. The third kappa shape index (κ3) is 4.34. The molecule has 7 heteroatoms. The Hall–Kier alpha value is -2.02. The molecule has 0 saturated heterocycles. The second-order valence-corrected chi connectivity index (χ2v) is 7.38. The average Bonchev–Trinajstić information content (AvgIpc) is 3.10. The Balaban J connectivity index is 1.56. The van der Waals surface area contributed by atoms with Crippen LogP contribution in [-0.2, 0) is 19.1 Å². The number of hydrogen-bond acceptors (Lipinski definition) is 5. The normalized spacial score (nSPS) is 18.6. The molecule has 25 heavy (non-hydrogen) atoms. The van der Waals surface area contributed by atoms with Crippen molar-refractivity contribution >= 4 is 35.2 Å². The second-order valence-electron chi connectivity index (χ2n) is 6.36. The van der Waals surface area contributed by atoms with Gasteiger partial charge in [-0.15, -0.1) is 11.8 Å². The first kappa shape index (κ1) is 17.8. The molecule has 2 amide bonds. The Morgan fingerprint density at radius 2 is 2.04 bits per heavy atom. The molecule has 134 valence electrons. The molecule has 6 nitrogen and oxygen atoms in total. The van der Waals surface area contributed by atoms with Crippen LogP contribution in [-0.4, -0.2) is 42.2 Å². The van der Waals surface area contributed by atoms with Gasteiger partial charge in [-0.1, -0.05) is 25.0 Å². The van der Waals surface area contributed by atoms with Gasteiger partial charge in [0.05, 0.1) is 11.4 Å². The first-order valence-corrected chi connectivity index (χ1v) is 9.55. The number of nitrogens with one attached hydrogen (secondary N) is 1. The molecule has 1 aliphatic heterocycles. The number of ether oxygens (including phenoxy) is 1. The van der Waals surface area contributed by atoms with E-state index in [2.05, 4.69) is 5.32 Å². The standard InChI is InChI=1S/C18H22N2O4S/c1-12(18(23)19-13-6-2-3-7-13)24-17(22)10-20-14-8-4-5-9-15(14)25-11-16(20)21/h4-5,8-9,12-13H,2-3,6-7,10-11H2,1H3,(H,19,23). The fourth-order valence-corrected chi connectivity index (χ4v) is 4.07. The zero-order valence-electron chi connectivity index (χ0n) is 14.2. The molecule has 1 fully saturated rings. The van der Waals surface area contributed by atoms with Crippen molar-refractivity contribution in [3.63, 3.8) is 0 Å². The first-order valence-electron chi connectivity index (χ1n) is 8.56. The van der Waals surface area contributed by atoms with Crippen LogP contribution in [0.5, 0.6) is 0 Å². The summed E-state index contributed by atoms with van der Waals surface area (Å²) in [6.07, 6.45) is 3.32. The van der Waals surface area contributed by atoms with Crippen molar-refractivity contribution in [2.45, 2.75) is 49.6 Å². The predicted molar refractivity (Wildman–Crippen MR) is 95.5 cm³/mol. The van der Waals surface area contributed by atoms with Crippen LogP contribution in [0.4, 0.5) is 5.69 Å². The van der Waals surface area contributed by atoms with Crippen molar-refractivity contribution in [1.82, 2.24) is 5.32 Å². The molecule has 0 spiro atoms. The van der Waals surface area contributed by atoms with Gasteiger partial charge in [-0.25, -0.2) is 0 Å². The van der Waals surface area contributed by atoms with Gasteiger partial charge >= 0.3 is 5.97 Å². The predicted octanol–water partition coefficient (Wildman–Crippen LogP) is 2.12. The highest BCUT2D eigenvalue weighted by Gasteiger charge is 2.28. The molecular formula is C18H22N2O4S. The lowest BCUT2D eigenvalue weighted by atomic mass is 10.2. The maximum atomic E-state index is 12.2. The van der Waals surface area contributed by atoms with Crippen LogP contribution in [0.25, 0.3) is 0 Å². The summed E-state index contributed by atoms with van der Waals surface area (Å²) in [5.41, 5.74) is 0.712. The summed E-state index contributed by atoms with van der Waals surface area (Å²) in [6, 6.07) is 7.63. The number of amides is 2. The molecule has 0 bridgehead atoms. The molecule has 2 aliphatic rings. The largest absolute Gasteiger partial charge is 0.451 e. The molecule has 0 radical (unpaired) electrons. The van der Waals surface area contributed by atoms with E-state index < -0.39 is 12.1 Å². The van der Waals surface area contributed by atoms with E-state index in [-0.39, 0.29) is 24.4 Å². The molecule has 1 N–H and O–H groups in total. The average molecular weight is 362 g/mol. The number of anilines is 1. The van der Waals surface area contributed by atoms with E-state index in [4.69, 9.17) is 4.74 Å². The summed E-state index contributed by atoms with van der Waals surface area (Å²) < 4.78 is 5.24. The fourth-order valence-electron chi connectivity index (χ4n) is 3.13. The van der Waals surface area contributed by atoms with Crippen LogP contribution in [0.1, 0.15) is 32.6 Å². The smallest absolute Gasteiger partial charge is 0.326 e. The van der Waals surface area contributed by atoms with Gasteiger partial charge in [-0.2, -0.15) is 0 Å². The SMILES string of the molecule is CC(OC(=O)CN1C(=O)CSc2ccccc21)C(=O)NC1CCCC1. The number of rotatable bonds is 5. The number of hydrogen-bond donors (Lipinski definition) is 1. The quantitative estimate of drug-likeness (QED) is 0.812. The minimum atomic E-state index is -0.863. The summed E-state index contributed by atoms with van der Waals surface area (Å²) >= 11 is 1.46. The van der Waals surface area contributed by atoms with Crippen LogP contribution in [0.2, 0.25) is 0 Å². The van der Waals surface area contributed by atoms with E-state index in [1.807, 2.05) is 24.3 Å². The summed E-state index contributed by atoms with van der Waals surface area (Å²) in [4.78, 5) is 38.9. The number of thioether (sulfide) groups is 1. The van der Waals surface area contributed by atoms with E-state index in [1.165, 1.54) is 16.7 Å². The number of benzene rings is 1. The van der Waals surface area contributed by atoms with Crippen molar-refractivity contribution < 1.29 is 19.1 Å². The highest BCUT2D eigenvalue weighted by molar-refractivity contribution is 8.00. The Morgan fingerprint density at radius 3 is 2.80 bits per heavy atom. The van der Waals surface area contributed by atoms with E-state index in [0.29, 0.717) is 11.4 Å².